The zero-order chi connectivity index (χ0) is 19.8. The molecule has 7 nitrogen and oxygen atoms in total. The van der Waals surface area contributed by atoms with E-state index in [-0.39, 0.29) is 36.7 Å². The molecule has 3 aliphatic rings. The van der Waals surface area contributed by atoms with Gasteiger partial charge in [0.25, 0.3) is 11.8 Å². The van der Waals surface area contributed by atoms with Crippen molar-refractivity contribution < 1.29 is 19.2 Å². The molecule has 4 amide bonds. The van der Waals surface area contributed by atoms with E-state index >= 15 is 0 Å². The molecule has 0 radical (unpaired) electrons. The van der Waals surface area contributed by atoms with Gasteiger partial charge in [0.05, 0.1) is 0 Å². The first-order valence-electron chi connectivity index (χ1n) is 10.0. The van der Waals surface area contributed by atoms with Crippen LogP contribution in [0.5, 0.6) is 0 Å². The van der Waals surface area contributed by atoms with E-state index in [0.29, 0.717) is 23.5 Å². The molecule has 1 saturated heterocycles. The number of rotatable bonds is 4. The van der Waals surface area contributed by atoms with Gasteiger partial charge in [0.15, 0.2) is 0 Å². The molecule has 1 aromatic rings. The average Bonchev–Trinajstić information content (AvgIpc) is 3.30. The summed E-state index contributed by atoms with van der Waals surface area (Å²) in [4.78, 5) is 50.3. The number of fused-ring (bicyclic) bond motifs is 1. The minimum atomic E-state index is -0.641. The maximum Gasteiger partial charge on any atom is 0.255 e. The molecule has 2 N–H and O–H groups in total. The van der Waals surface area contributed by atoms with Crippen molar-refractivity contribution in [3.63, 3.8) is 0 Å². The summed E-state index contributed by atoms with van der Waals surface area (Å²) in [5.41, 5.74) is 1.79. The van der Waals surface area contributed by atoms with Crippen molar-refractivity contribution in [3.8, 4) is 0 Å². The quantitative estimate of drug-likeness (QED) is 0.775. The maximum absolute atomic E-state index is 12.7. The molecule has 4 rings (SSSR count). The molecular formula is C21H25N3O4. The zero-order valence-electron chi connectivity index (χ0n) is 16.0. The van der Waals surface area contributed by atoms with Crippen LogP contribution < -0.4 is 10.6 Å². The van der Waals surface area contributed by atoms with Gasteiger partial charge in [-0.25, -0.2) is 0 Å². The molecule has 2 unspecified atom stereocenters. The first-order valence-corrected chi connectivity index (χ1v) is 10.0. The lowest BCUT2D eigenvalue weighted by Crippen LogP contribution is -2.52. The molecule has 1 aliphatic carbocycles. The third-order valence-corrected chi connectivity index (χ3v) is 6.25. The fourth-order valence-corrected chi connectivity index (χ4v) is 4.58. The first-order chi connectivity index (χ1) is 13.4. The second-order valence-corrected chi connectivity index (χ2v) is 8.08. The number of nitrogens with zero attached hydrogens (tertiary/aromatic N) is 1. The monoisotopic (exact) mass is 383 g/mol. The predicted molar refractivity (Wildman–Crippen MR) is 101 cm³/mol. The van der Waals surface area contributed by atoms with Crippen LogP contribution in [0.2, 0.25) is 0 Å². The number of carbonyl (C=O) groups excluding carboxylic acids is 4. The van der Waals surface area contributed by atoms with Gasteiger partial charge in [-0.1, -0.05) is 12.8 Å². The Hall–Kier alpha value is -2.70. The van der Waals surface area contributed by atoms with Crippen LogP contribution in [0.1, 0.15) is 71.7 Å². The van der Waals surface area contributed by atoms with Crippen molar-refractivity contribution in [2.75, 3.05) is 0 Å². The summed E-state index contributed by atoms with van der Waals surface area (Å²) in [6, 6.07) is 4.57. The van der Waals surface area contributed by atoms with E-state index < -0.39 is 11.9 Å². The van der Waals surface area contributed by atoms with Gasteiger partial charge in [-0.2, -0.15) is 0 Å². The number of hydrogen-bond donors (Lipinski definition) is 2. The first kappa shape index (κ1) is 18.7. The Kier molecular flexibility index (Phi) is 4.91. The lowest BCUT2D eigenvalue weighted by Gasteiger charge is -2.29. The molecular weight excluding hydrogens is 358 g/mol. The Morgan fingerprint density at radius 2 is 1.93 bits per heavy atom. The molecule has 0 bridgehead atoms. The molecule has 0 aromatic heterocycles. The lowest BCUT2D eigenvalue weighted by atomic mass is 9.99. The van der Waals surface area contributed by atoms with Crippen LogP contribution in [0.3, 0.4) is 0 Å². The van der Waals surface area contributed by atoms with Gasteiger partial charge in [0.2, 0.25) is 11.8 Å². The van der Waals surface area contributed by atoms with Crippen LogP contribution >= 0.6 is 0 Å². The summed E-state index contributed by atoms with van der Waals surface area (Å²) in [5, 5.41) is 5.38. The van der Waals surface area contributed by atoms with Gasteiger partial charge in [0, 0.05) is 30.1 Å². The molecule has 7 heteroatoms. The number of imide groups is 1. The molecule has 2 fully saturated rings. The SMILES string of the molecule is CC(NC(=O)c1ccc2c(c1)CN(C1CCC(=O)NC1=O)C2=O)C1CCCC1. The predicted octanol–water partition coefficient (Wildman–Crippen LogP) is 1.76. The highest BCUT2D eigenvalue weighted by Gasteiger charge is 2.39. The minimum Gasteiger partial charge on any atom is -0.349 e. The molecule has 1 aromatic carbocycles. The number of carbonyl (C=O) groups is 4. The van der Waals surface area contributed by atoms with Crippen LogP contribution in [-0.2, 0) is 16.1 Å². The summed E-state index contributed by atoms with van der Waals surface area (Å²) >= 11 is 0. The van der Waals surface area contributed by atoms with Crippen LogP contribution in [0.4, 0.5) is 0 Å². The van der Waals surface area contributed by atoms with E-state index in [9.17, 15) is 19.2 Å². The van der Waals surface area contributed by atoms with E-state index in [2.05, 4.69) is 17.6 Å². The maximum atomic E-state index is 12.7. The number of piperidine rings is 1. The van der Waals surface area contributed by atoms with Crippen LogP contribution in [0.15, 0.2) is 18.2 Å². The van der Waals surface area contributed by atoms with Crippen molar-refractivity contribution in [3.05, 3.63) is 34.9 Å². The highest BCUT2D eigenvalue weighted by Crippen LogP contribution is 2.29. The van der Waals surface area contributed by atoms with Crippen LogP contribution in [-0.4, -0.2) is 40.6 Å². The van der Waals surface area contributed by atoms with Gasteiger partial charge < -0.3 is 10.2 Å². The largest absolute Gasteiger partial charge is 0.349 e. The van der Waals surface area contributed by atoms with Crippen LogP contribution in [0.25, 0.3) is 0 Å². The Balaban J connectivity index is 1.46. The minimum absolute atomic E-state index is 0.129. The Morgan fingerprint density at radius 3 is 2.64 bits per heavy atom. The van der Waals surface area contributed by atoms with Crippen LogP contribution in [0, 0.1) is 5.92 Å². The normalized spacial score (nSPS) is 23.5. The molecule has 2 atom stereocenters. The summed E-state index contributed by atoms with van der Waals surface area (Å²) in [6.07, 6.45) is 5.31. The highest BCUT2D eigenvalue weighted by molar-refractivity contribution is 6.06. The average molecular weight is 383 g/mol. The van der Waals surface area contributed by atoms with E-state index in [1.54, 1.807) is 18.2 Å². The summed E-state index contributed by atoms with van der Waals surface area (Å²) in [7, 11) is 0. The molecule has 148 valence electrons. The van der Waals surface area contributed by atoms with Gasteiger partial charge in [-0.3, -0.25) is 24.5 Å². The fourth-order valence-electron chi connectivity index (χ4n) is 4.58. The Morgan fingerprint density at radius 1 is 1.18 bits per heavy atom. The fraction of sp³-hybridized carbons (Fsp3) is 0.524. The highest BCUT2D eigenvalue weighted by atomic mass is 16.2. The number of nitrogens with one attached hydrogen (secondary N) is 2. The standard InChI is InChI=1S/C21H25N3O4/c1-12(13-4-2-3-5-13)22-19(26)14-6-7-16-15(10-14)11-24(21(16)28)17-8-9-18(25)23-20(17)27/h6-7,10,12-13,17H,2-5,8-9,11H2,1H3,(H,22,26)(H,23,25,27). The summed E-state index contributed by atoms with van der Waals surface area (Å²) in [5.74, 6) is -0.561. The number of hydrogen-bond acceptors (Lipinski definition) is 4. The van der Waals surface area contributed by atoms with Gasteiger partial charge in [-0.15, -0.1) is 0 Å². The van der Waals surface area contributed by atoms with Crippen molar-refractivity contribution in [1.29, 1.82) is 0 Å². The smallest absolute Gasteiger partial charge is 0.255 e. The molecule has 2 aliphatic heterocycles. The van der Waals surface area contributed by atoms with Gasteiger partial charge in [-0.05, 0) is 55.9 Å². The van der Waals surface area contributed by atoms with Crippen molar-refractivity contribution in [2.45, 2.75) is 64.1 Å². The number of benzene rings is 1. The third-order valence-electron chi connectivity index (χ3n) is 6.25. The second kappa shape index (κ2) is 7.37. The Labute approximate surface area is 163 Å². The van der Waals surface area contributed by atoms with E-state index in [0.717, 1.165) is 18.4 Å². The van der Waals surface area contributed by atoms with Crippen molar-refractivity contribution >= 4 is 23.6 Å². The zero-order valence-corrected chi connectivity index (χ0v) is 16.0. The second-order valence-electron chi connectivity index (χ2n) is 8.08. The van der Waals surface area contributed by atoms with E-state index in [4.69, 9.17) is 0 Å². The van der Waals surface area contributed by atoms with Gasteiger partial charge in [0.1, 0.15) is 6.04 Å². The summed E-state index contributed by atoms with van der Waals surface area (Å²) in [6.45, 7) is 2.33. The van der Waals surface area contributed by atoms with E-state index in [1.165, 1.54) is 17.7 Å². The Bertz CT molecular complexity index is 844. The lowest BCUT2D eigenvalue weighted by molar-refractivity contribution is -0.136. The van der Waals surface area contributed by atoms with Crippen molar-refractivity contribution in [1.82, 2.24) is 15.5 Å². The molecule has 2 heterocycles. The van der Waals surface area contributed by atoms with Crippen molar-refractivity contribution in [2.24, 2.45) is 5.92 Å². The van der Waals surface area contributed by atoms with Gasteiger partial charge >= 0.3 is 0 Å². The molecule has 1 saturated carbocycles. The summed E-state index contributed by atoms with van der Waals surface area (Å²) < 4.78 is 0. The number of amides is 4. The molecule has 0 spiro atoms. The topological polar surface area (TPSA) is 95.6 Å². The van der Waals surface area contributed by atoms with E-state index in [1.807, 2.05) is 0 Å². The molecule has 28 heavy (non-hydrogen) atoms. The third kappa shape index (κ3) is 3.41.